The SMILES string of the molecule is CCOC(=O)c1c(C)[nH]c(C(=O)N2CCC[C@H](C(=O)NCCc3c[nH]c4ccc(Cl)cc34)C2)c1C. The normalized spacial score (nSPS) is 15.9. The fourth-order valence-electron chi connectivity index (χ4n) is 4.83. The van der Waals surface area contributed by atoms with Gasteiger partial charge in [-0.05, 0) is 69.4 Å². The molecule has 1 aromatic carbocycles. The monoisotopic (exact) mass is 498 g/mol. The maximum absolute atomic E-state index is 13.3. The van der Waals surface area contributed by atoms with Crippen molar-refractivity contribution in [1.82, 2.24) is 20.2 Å². The van der Waals surface area contributed by atoms with E-state index in [-0.39, 0.29) is 24.3 Å². The van der Waals surface area contributed by atoms with Crippen molar-refractivity contribution in [2.45, 2.75) is 40.0 Å². The number of hydrogen-bond acceptors (Lipinski definition) is 4. The van der Waals surface area contributed by atoms with E-state index in [1.54, 1.807) is 25.7 Å². The lowest BCUT2D eigenvalue weighted by atomic mass is 9.96. The molecule has 186 valence electrons. The molecular formula is C26H31ClN4O4. The number of benzene rings is 1. The lowest BCUT2D eigenvalue weighted by Crippen LogP contribution is -2.46. The maximum atomic E-state index is 13.3. The number of halogens is 1. The Morgan fingerprint density at radius 3 is 2.83 bits per heavy atom. The van der Waals surface area contributed by atoms with Gasteiger partial charge in [-0.15, -0.1) is 0 Å². The first-order valence-electron chi connectivity index (χ1n) is 12.0. The number of likely N-dealkylation sites (tertiary alicyclic amines) is 1. The third kappa shape index (κ3) is 5.22. The minimum Gasteiger partial charge on any atom is -0.462 e. The van der Waals surface area contributed by atoms with Gasteiger partial charge in [0.05, 0.1) is 18.1 Å². The summed E-state index contributed by atoms with van der Waals surface area (Å²) in [5.41, 5.74) is 4.08. The van der Waals surface area contributed by atoms with Crippen molar-refractivity contribution < 1.29 is 19.1 Å². The molecule has 3 aromatic rings. The first-order chi connectivity index (χ1) is 16.8. The summed E-state index contributed by atoms with van der Waals surface area (Å²) in [5, 5.41) is 4.76. The fraction of sp³-hybridized carbons (Fsp3) is 0.423. The van der Waals surface area contributed by atoms with E-state index in [4.69, 9.17) is 16.3 Å². The van der Waals surface area contributed by atoms with Crippen LogP contribution in [-0.4, -0.2) is 58.9 Å². The molecule has 8 nitrogen and oxygen atoms in total. The highest BCUT2D eigenvalue weighted by molar-refractivity contribution is 6.31. The average molecular weight is 499 g/mol. The second-order valence-electron chi connectivity index (χ2n) is 8.98. The Kier molecular flexibility index (Phi) is 7.50. The quantitative estimate of drug-likeness (QED) is 0.425. The summed E-state index contributed by atoms with van der Waals surface area (Å²) in [6, 6.07) is 5.71. The molecule has 3 N–H and O–H groups in total. The van der Waals surface area contributed by atoms with E-state index in [2.05, 4.69) is 15.3 Å². The van der Waals surface area contributed by atoms with Crippen LogP contribution in [0.2, 0.25) is 5.02 Å². The van der Waals surface area contributed by atoms with Gasteiger partial charge in [-0.1, -0.05) is 11.6 Å². The highest BCUT2D eigenvalue weighted by atomic mass is 35.5. The van der Waals surface area contributed by atoms with Gasteiger partial charge in [-0.2, -0.15) is 0 Å². The molecule has 0 aliphatic carbocycles. The standard InChI is InChI=1S/C26H31ClN4O4/c1-4-35-26(34)22-15(2)23(30-16(22)3)25(33)31-11-5-6-18(14-31)24(32)28-10-9-17-13-29-21-8-7-19(27)12-20(17)21/h7-8,12-13,18,29-30H,4-6,9-11,14H2,1-3H3,(H,28,32)/t18-/m0/s1. The van der Waals surface area contributed by atoms with E-state index in [9.17, 15) is 14.4 Å². The van der Waals surface area contributed by atoms with E-state index in [1.807, 2.05) is 24.4 Å². The molecule has 0 radical (unpaired) electrons. The number of aromatic amines is 2. The Morgan fingerprint density at radius 2 is 2.06 bits per heavy atom. The van der Waals surface area contributed by atoms with Gasteiger partial charge in [0.25, 0.3) is 5.91 Å². The Hall–Kier alpha value is -3.26. The van der Waals surface area contributed by atoms with Gasteiger partial charge in [0.1, 0.15) is 5.69 Å². The molecule has 35 heavy (non-hydrogen) atoms. The summed E-state index contributed by atoms with van der Waals surface area (Å²) >= 11 is 6.13. The van der Waals surface area contributed by atoms with Crippen LogP contribution >= 0.6 is 11.6 Å². The second-order valence-corrected chi connectivity index (χ2v) is 9.42. The molecule has 4 rings (SSSR count). The maximum Gasteiger partial charge on any atom is 0.340 e. The zero-order chi connectivity index (χ0) is 25.1. The van der Waals surface area contributed by atoms with E-state index < -0.39 is 5.97 Å². The molecule has 3 heterocycles. The second kappa shape index (κ2) is 10.6. The third-order valence-corrected chi connectivity index (χ3v) is 6.87. The van der Waals surface area contributed by atoms with Crippen LogP contribution in [-0.2, 0) is 16.0 Å². The van der Waals surface area contributed by atoms with Crippen LogP contribution in [0.3, 0.4) is 0 Å². The zero-order valence-corrected chi connectivity index (χ0v) is 21.1. The summed E-state index contributed by atoms with van der Waals surface area (Å²) in [4.78, 5) is 46.4. The number of fused-ring (bicyclic) bond motifs is 1. The molecule has 0 spiro atoms. The van der Waals surface area contributed by atoms with E-state index in [0.29, 0.717) is 53.6 Å². The number of ether oxygens (including phenoxy) is 1. The van der Waals surface area contributed by atoms with Crippen LogP contribution in [0.5, 0.6) is 0 Å². The molecular weight excluding hydrogens is 468 g/mol. The number of rotatable bonds is 7. The molecule has 1 fully saturated rings. The van der Waals surface area contributed by atoms with Crippen molar-refractivity contribution >= 4 is 40.3 Å². The van der Waals surface area contributed by atoms with Crippen molar-refractivity contribution in [2.75, 3.05) is 26.2 Å². The molecule has 0 saturated carbocycles. The number of nitrogens with zero attached hydrogens (tertiary/aromatic N) is 1. The number of amides is 2. The van der Waals surface area contributed by atoms with Crippen LogP contribution < -0.4 is 5.32 Å². The van der Waals surface area contributed by atoms with Crippen molar-refractivity contribution in [2.24, 2.45) is 5.92 Å². The van der Waals surface area contributed by atoms with Crippen molar-refractivity contribution in [3.8, 4) is 0 Å². The summed E-state index contributed by atoms with van der Waals surface area (Å²) in [6.45, 7) is 6.93. The zero-order valence-electron chi connectivity index (χ0n) is 20.3. The van der Waals surface area contributed by atoms with E-state index >= 15 is 0 Å². The minimum atomic E-state index is -0.439. The summed E-state index contributed by atoms with van der Waals surface area (Å²) in [6.07, 6.45) is 4.10. The molecule has 1 aliphatic rings. The number of carbonyl (C=O) groups is 3. The Bertz CT molecular complexity index is 1260. The van der Waals surface area contributed by atoms with Crippen molar-refractivity contribution in [3.05, 3.63) is 57.5 Å². The van der Waals surface area contributed by atoms with E-state index in [0.717, 1.165) is 29.3 Å². The summed E-state index contributed by atoms with van der Waals surface area (Å²) in [7, 11) is 0. The van der Waals surface area contributed by atoms with Gasteiger partial charge in [0.2, 0.25) is 5.91 Å². The first kappa shape index (κ1) is 24.9. The van der Waals surface area contributed by atoms with Crippen LogP contribution in [0.25, 0.3) is 10.9 Å². The number of aryl methyl sites for hydroxylation is 1. The predicted molar refractivity (Wildman–Crippen MR) is 135 cm³/mol. The van der Waals surface area contributed by atoms with Gasteiger partial charge in [0, 0.05) is 47.5 Å². The first-order valence-corrected chi connectivity index (χ1v) is 12.4. The largest absolute Gasteiger partial charge is 0.462 e. The number of H-pyrrole nitrogens is 2. The highest BCUT2D eigenvalue weighted by Crippen LogP contribution is 2.25. The van der Waals surface area contributed by atoms with Crippen molar-refractivity contribution in [1.29, 1.82) is 0 Å². The Labute approximate surface area is 209 Å². The number of carbonyl (C=O) groups excluding carboxylic acids is 3. The molecule has 1 aliphatic heterocycles. The van der Waals surface area contributed by atoms with E-state index in [1.165, 1.54) is 0 Å². The third-order valence-electron chi connectivity index (χ3n) is 6.63. The summed E-state index contributed by atoms with van der Waals surface area (Å²) in [5.74, 6) is -0.960. The molecule has 9 heteroatoms. The molecule has 0 bridgehead atoms. The number of hydrogen-bond donors (Lipinski definition) is 3. The fourth-order valence-corrected chi connectivity index (χ4v) is 5.00. The topological polar surface area (TPSA) is 107 Å². The van der Waals surface area contributed by atoms with Crippen LogP contribution in [0.4, 0.5) is 0 Å². The Morgan fingerprint density at radius 1 is 1.26 bits per heavy atom. The van der Waals surface area contributed by atoms with Crippen LogP contribution in [0.1, 0.15) is 57.4 Å². The molecule has 2 aromatic heterocycles. The number of esters is 1. The van der Waals surface area contributed by atoms with Gasteiger partial charge < -0.3 is 24.9 Å². The van der Waals surface area contributed by atoms with Crippen LogP contribution in [0.15, 0.2) is 24.4 Å². The van der Waals surface area contributed by atoms with Gasteiger partial charge in [0.15, 0.2) is 0 Å². The molecule has 2 amide bonds. The molecule has 1 saturated heterocycles. The van der Waals surface area contributed by atoms with Crippen LogP contribution in [0, 0.1) is 19.8 Å². The lowest BCUT2D eigenvalue weighted by Gasteiger charge is -2.32. The number of nitrogens with one attached hydrogen (secondary N) is 3. The predicted octanol–water partition coefficient (Wildman–Crippen LogP) is 4.15. The van der Waals surface area contributed by atoms with Gasteiger partial charge in [-0.3, -0.25) is 9.59 Å². The molecule has 0 unspecified atom stereocenters. The van der Waals surface area contributed by atoms with Gasteiger partial charge >= 0.3 is 5.97 Å². The highest BCUT2D eigenvalue weighted by Gasteiger charge is 2.31. The number of piperidine rings is 1. The average Bonchev–Trinajstić information content (AvgIpc) is 3.38. The lowest BCUT2D eigenvalue weighted by molar-refractivity contribution is -0.126. The smallest absolute Gasteiger partial charge is 0.340 e. The van der Waals surface area contributed by atoms with Crippen molar-refractivity contribution in [3.63, 3.8) is 0 Å². The Balaban J connectivity index is 1.36. The molecule has 1 atom stereocenters. The summed E-state index contributed by atoms with van der Waals surface area (Å²) < 4.78 is 5.13. The van der Waals surface area contributed by atoms with Gasteiger partial charge in [-0.25, -0.2) is 4.79 Å². The number of aromatic nitrogens is 2. The minimum absolute atomic E-state index is 0.0491.